The number of carbonyl (C=O) groups excluding carboxylic acids is 2. The minimum atomic E-state index is -0.274. The number of rotatable bonds is 7. The quantitative estimate of drug-likeness (QED) is 0.698. The zero-order chi connectivity index (χ0) is 18.2. The third-order valence-electron chi connectivity index (χ3n) is 4.03. The van der Waals surface area contributed by atoms with Crippen molar-refractivity contribution in [1.82, 2.24) is 0 Å². The normalized spacial score (nSPS) is 12.8. The van der Waals surface area contributed by atoms with E-state index >= 15 is 0 Å². The highest BCUT2D eigenvalue weighted by Crippen LogP contribution is 2.36. The molecule has 2 rings (SSSR count). The van der Waals surface area contributed by atoms with Crippen LogP contribution in [0.2, 0.25) is 0 Å². The van der Waals surface area contributed by atoms with Gasteiger partial charge in [-0.3, -0.25) is 9.59 Å². The Morgan fingerprint density at radius 3 is 2.92 bits per heavy atom. The summed E-state index contributed by atoms with van der Waals surface area (Å²) in [7, 11) is 0. The largest absolute Gasteiger partial charge is 0.489 e. The highest BCUT2D eigenvalue weighted by atomic mass is 35.5. The maximum Gasteiger partial charge on any atom is 0.241 e. The molecule has 6 nitrogen and oxygen atoms in total. The minimum Gasteiger partial charge on any atom is -0.489 e. The number of carbonyl (C=O) groups is 2. The second-order valence-electron chi connectivity index (χ2n) is 5.74. The molecule has 1 heterocycles. The Balaban J connectivity index is 2.26. The fourth-order valence-corrected chi connectivity index (χ4v) is 2.87. The summed E-state index contributed by atoms with van der Waals surface area (Å²) in [6.07, 6.45) is 2.55. The topological polar surface area (TPSA) is 73.6 Å². The van der Waals surface area contributed by atoms with Crippen molar-refractivity contribution in [2.75, 3.05) is 35.4 Å². The summed E-state index contributed by atoms with van der Waals surface area (Å²) in [5, 5.41) is 8.79. The van der Waals surface area contributed by atoms with Crippen molar-refractivity contribution >= 4 is 34.8 Å². The zero-order valence-corrected chi connectivity index (χ0v) is 15.1. The van der Waals surface area contributed by atoms with Crippen molar-refractivity contribution < 1.29 is 14.3 Å². The summed E-state index contributed by atoms with van der Waals surface area (Å²) in [6, 6.07) is 7.31. The van der Waals surface area contributed by atoms with Gasteiger partial charge in [0.05, 0.1) is 24.7 Å². The Hall–Kier alpha value is -2.26. The van der Waals surface area contributed by atoms with Gasteiger partial charge in [-0.25, -0.2) is 0 Å². The molecule has 0 unspecified atom stereocenters. The zero-order valence-electron chi connectivity index (χ0n) is 14.3. The lowest BCUT2D eigenvalue weighted by Gasteiger charge is -2.31. The first-order valence-electron chi connectivity index (χ1n) is 8.42. The maximum absolute atomic E-state index is 12.4. The smallest absolute Gasteiger partial charge is 0.241 e. The molecular formula is C18H22ClN3O3. The molecule has 1 aromatic rings. The van der Waals surface area contributed by atoms with Crippen LogP contribution >= 0.6 is 11.6 Å². The second-order valence-corrected chi connectivity index (χ2v) is 6.00. The van der Waals surface area contributed by atoms with Crippen molar-refractivity contribution in [2.45, 2.75) is 32.6 Å². The van der Waals surface area contributed by atoms with Crippen LogP contribution in [0.1, 0.15) is 32.6 Å². The molecule has 0 fully saturated rings. The summed E-state index contributed by atoms with van der Waals surface area (Å²) in [4.78, 5) is 27.7. The SMILES string of the molecule is CCCCC(=O)N1CCOc2cc(N(CCC#N)C(=O)CCl)ccc21. The maximum atomic E-state index is 12.4. The average Bonchev–Trinajstić information content (AvgIpc) is 2.65. The number of fused-ring (bicyclic) bond motifs is 1. The Kier molecular flexibility index (Phi) is 7.08. The summed E-state index contributed by atoms with van der Waals surface area (Å²) in [5.74, 6) is 0.212. The predicted octanol–water partition coefficient (Wildman–Crippen LogP) is 3.09. The van der Waals surface area contributed by atoms with Gasteiger partial charge < -0.3 is 14.5 Å². The number of ether oxygens (including phenoxy) is 1. The fraction of sp³-hybridized carbons (Fsp3) is 0.500. The van der Waals surface area contributed by atoms with Crippen molar-refractivity contribution in [3.05, 3.63) is 18.2 Å². The molecule has 0 aliphatic carbocycles. The van der Waals surface area contributed by atoms with Gasteiger partial charge in [0.25, 0.3) is 0 Å². The second kappa shape index (κ2) is 9.28. The number of benzene rings is 1. The van der Waals surface area contributed by atoms with E-state index in [4.69, 9.17) is 21.6 Å². The number of amides is 2. The molecule has 7 heteroatoms. The third kappa shape index (κ3) is 4.64. The molecule has 0 spiro atoms. The lowest BCUT2D eigenvalue weighted by atomic mass is 10.1. The highest BCUT2D eigenvalue weighted by Gasteiger charge is 2.25. The van der Waals surface area contributed by atoms with Crippen LogP contribution in [-0.2, 0) is 9.59 Å². The number of unbranched alkanes of at least 4 members (excludes halogenated alkanes) is 1. The van der Waals surface area contributed by atoms with Crippen LogP contribution in [0.5, 0.6) is 5.75 Å². The van der Waals surface area contributed by atoms with Crippen LogP contribution < -0.4 is 14.5 Å². The van der Waals surface area contributed by atoms with Gasteiger partial charge >= 0.3 is 0 Å². The highest BCUT2D eigenvalue weighted by molar-refractivity contribution is 6.29. The van der Waals surface area contributed by atoms with Crippen LogP contribution in [0, 0.1) is 11.3 Å². The van der Waals surface area contributed by atoms with Crippen LogP contribution in [0.25, 0.3) is 0 Å². The van der Waals surface area contributed by atoms with Gasteiger partial charge in [0.2, 0.25) is 11.8 Å². The van der Waals surface area contributed by atoms with Gasteiger partial charge in [-0.1, -0.05) is 13.3 Å². The molecule has 0 atom stereocenters. The van der Waals surface area contributed by atoms with Crippen molar-refractivity contribution in [2.24, 2.45) is 0 Å². The van der Waals surface area contributed by atoms with E-state index in [-0.39, 0.29) is 30.7 Å². The number of alkyl halides is 1. The average molecular weight is 364 g/mol. The summed E-state index contributed by atoms with van der Waals surface area (Å²) < 4.78 is 5.69. The Morgan fingerprint density at radius 1 is 1.44 bits per heavy atom. The van der Waals surface area contributed by atoms with E-state index in [1.54, 1.807) is 23.1 Å². The number of hydrogen-bond donors (Lipinski definition) is 0. The molecule has 1 aromatic carbocycles. The lowest BCUT2D eigenvalue weighted by Crippen LogP contribution is -2.38. The van der Waals surface area contributed by atoms with E-state index in [2.05, 4.69) is 6.92 Å². The molecule has 0 saturated heterocycles. The van der Waals surface area contributed by atoms with Gasteiger partial charge in [0.15, 0.2) is 0 Å². The number of hydrogen-bond acceptors (Lipinski definition) is 4. The molecule has 0 saturated carbocycles. The number of halogens is 1. The molecule has 25 heavy (non-hydrogen) atoms. The number of nitrogens with zero attached hydrogens (tertiary/aromatic N) is 3. The van der Waals surface area contributed by atoms with Crippen LogP contribution in [0.15, 0.2) is 18.2 Å². The molecule has 134 valence electrons. The molecule has 0 bridgehead atoms. The van der Waals surface area contributed by atoms with E-state index in [1.807, 2.05) is 6.07 Å². The molecule has 0 N–H and O–H groups in total. The number of nitriles is 1. The van der Waals surface area contributed by atoms with Crippen LogP contribution in [0.3, 0.4) is 0 Å². The van der Waals surface area contributed by atoms with E-state index in [0.717, 1.165) is 18.5 Å². The van der Waals surface area contributed by atoms with E-state index < -0.39 is 0 Å². The molecule has 0 aromatic heterocycles. The van der Waals surface area contributed by atoms with Gasteiger partial charge in [-0.2, -0.15) is 5.26 Å². The van der Waals surface area contributed by atoms with Gasteiger partial charge in [-0.15, -0.1) is 11.6 Å². The Labute approximate surface area is 152 Å². The molecular weight excluding hydrogens is 342 g/mol. The predicted molar refractivity (Wildman–Crippen MR) is 97.1 cm³/mol. The number of anilines is 2. The monoisotopic (exact) mass is 363 g/mol. The molecule has 1 aliphatic rings. The fourth-order valence-electron chi connectivity index (χ4n) is 2.73. The summed E-state index contributed by atoms with van der Waals surface area (Å²) in [6.45, 7) is 3.25. The summed E-state index contributed by atoms with van der Waals surface area (Å²) >= 11 is 5.67. The van der Waals surface area contributed by atoms with Gasteiger partial charge in [-0.05, 0) is 18.6 Å². The van der Waals surface area contributed by atoms with Gasteiger partial charge in [0.1, 0.15) is 18.2 Å². The van der Waals surface area contributed by atoms with E-state index in [0.29, 0.717) is 31.0 Å². The van der Waals surface area contributed by atoms with Gasteiger partial charge in [0, 0.05) is 24.7 Å². The van der Waals surface area contributed by atoms with Crippen LogP contribution in [-0.4, -0.2) is 37.4 Å². The lowest BCUT2D eigenvalue weighted by molar-refractivity contribution is -0.119. The van der Waals surface area contributed by atoms with Crippen LogP contribution in [0.4, 0.5) is 11.4 Å². The van der Waals surface area contributed by atoms with Crippen molar-refractivity contribution in [3.8, 4) is 11.8 Å². The van der Waals surface area contributed by atoms with E-state index in [1.165, 1.54) is 4.90 Å². The first-order chi connectivity index (χ1) is 12.1. The first-order valence-corrected chi connectivity index (χ1v) is 8.96. The molecule has 2 amide bonds. The Morgan fingerprint density at radius 2 is 2.24 bits per heavy atom. The Bertz CT molecular complexity index is 672. The standard InChI is InChI=1S/C18H22ClN3O3/c1-2-3-5-17(23)22-10-11-25-16-12-14(6-7-15(16)22)21(9-4-8-20)18(24)13-19/h6-7,12H,2-5,9-11,13H2,1H3. The van der Waals surface area contributed by atoms with Crippen molar-refractivity contribution in [1.29, 1.82) is 5.26 Å². The summed E-state index contributed by atoms with van der Waals surface area (Å²) in [5.41, 5.74) is 1.33. The molecule has 0 radical (unpaired) electrons. The third-order valence-corrected chi connectivity index (χ3v) is 4.25. The van der Waals surface area contributed by atoms with Crippen molar-refractivity contribution in [3.63, 3.8) is 0 Å². The minimum absolute atomic E-state index is 0.0809. The van der Waals surface area contributed by atoms with E-state index in [9.17, 15) is 9.59 Å². The molecule has 1 aliphatic heterocycles. The first kappa shape index (κ1) is 19.1.